The molecule has 1 aliphatic carbocycles. The zero-order valence-corrected chi connectivity index (χ0v) is 11.2. The van der Waals surface area contributed by atoms with Crippen LogP contribution in [0.4, 0.5) is 11.4 Å². The van der Waals surface area contributed by atoms with Crippen LogP contribution in [-0.2, 0) is 4.79 Å². The van der Waals surface area contributed by atoms with Gasteiger partial charge in [-0.2, -0.15) is 0 Å². The van der Waals surface area contributed by atoms with E-state index < -0.39 is 0 Å². The molecule has 1 amide bonds. The molecule has 1 fully saturated rings. The molecule has 0 saturated heterocycles. The van der Waals surface area contributed by atoms with E-state index in [-0.39, 0.29) is 12.5 Å². The van der Waals surface area contributed by atoms with Gasteiger partial charge in [-0.15, -0.1) is 0 Å². The average Bonchev–Trinajstić information content (AvgIpc) is 3.16. The quantitative estimate of drug-likeness (QED) is 0.668. The monoisotopic (exact) mass is 263 g/mol. The number of amides is 1. The standard InChI is InChI=1S/C14H21N3O2/c1-10-2-5-13(12(15)8-10)16-14(19)9-17(6-7-18)11-3-4-11/h2,5,8,11,18H,3-4,6-7,9,15H2,1H3,(H,16,19). The Morgan fingerprint density at radius 1 is 1.53 bits per heavy atom. The number of anilines is 2. The summed E-state index contributed by atoms with van der Waals surface area (Å²) in [4.78, 5) is 14.0. The fourth-order valence-corrected chi connectivity index (χ4v) is 2.13. The molecule has 1 aromatic carbocycles. The second-order valence-corrected chi connectivity index (χ2v) is 5.06. The van der Waals surface area contributed by atoms with Gasteiger partial charge in [0.15, 0.2) is 0 Å². The minimum absolute atomic E-state index is 0.0798. The van der Waals surface area contributed by atoms with Crippen molar-refractivity contribution in [3.63, 3.8) is 0 Å². The number of aryl methyl sites for hydroxylation is 1. The highest BCUT2D eigenvalue weighted by atomic mass is 16.3. The van der Waals surface area contributed by atoms with Crippen LogP contribution in [-0.4, -0.2) is 41.7 Å². The molecule has 2 rings (SSSR count). The van der Waals surface area contributed by atoms with Gasteiger partial charge in [-0.05, 0) is 37.5 Å². The van der Waals surface area contributed by atoms with Gasteiger partial charge in [0.25, 0.3) is 0 Å². The Bertz CT molecular complexity index is 458. The number of nitrogens with two attached hydrogens (primary N) is 1. The number of hydrogen-bond donors (Lipinski definition) is 3. The summed E-state index contributed by atoms with van der Waals surface area (Å²) in [6, 6.07) is 6.02. The third-order valence-electron chi connectivity index (χ3n) is 3.28. The van der Waals surface area contributed by atoms with Crippen molar-refractivity contribution in [3.05, 3.63) is 23.8 Å². The van der Waals surface area contributed by atoms with Crippen LogP contribution < -0.4 is 11.1 Å². The maximum atomic E-state index is 12.0. The molecule has 0 bridgehead atoms. The van der Waals surface area contributed by atoms with E-state index in [0.717, 1.165) is 18.4 Å². The Morgan fingerprint density at radius 3 is 2.84 bits per heavy atom. The predicted octanol–water partition coefficient (Wildman–Crippen LogP) is 0.972. The van der Waals surface area contributed by atoms with Gasteiger partial charge in [0.2, 0.25) is 5.91 Å². The number of aliphatic hydroxyl groups excluding tert-OH is 1. The highest BCUT2D eigenvalue weighted by Gasteiger charge is 2.29. The van der Waals surface area contributed by atoms with Crippen molar-refractivity contribution in [3.8, 4) is 0 Å². The van der Waals surface area contributed by atoms with Crippen LogP contribution in [0, 0.1) is 6.92 Å². The number of rotatable bonds is 6. The van der Waals surface area contributed by atoms with Crippen LogP contribution in [0.1, 0.15) is 18.4 Å². The lowest BCUT2D eigenvalue weighted by Crippen LogP contribution is -2.36. The van der Waals surface area contributed by atoms with Gasteiger partial charge in [0.05, 0.1) is 24.5 Å². The number of nitrogens with one attached hydrogen (secondary N) is 1. The third-order valence-corrected chi connectivity index (χ3v) is 3.28. The molecule has 1 aliphatic rings. The average molecular weight is 263 g/mol. The summed E-state index contributed by atoms with van der Waals surface area (Å²) in [5.41, 5.74) is 8.15. The molecule has 0 heterocycles. The van der Waals surface area contributed by atoms with Crippen molar-refractivity contribution in [1.29, 1.82) is 0 Å². The smallest absolute Gasteiger partial charge is 0.238 e. The van der Waals surface area contributed by atoms with Gasteiger partial charge in [-0.25, -0.2) is 0 Å². The number of nitrogens with zero attached hydrogens (tertiary/aromatic N) is 1. The number of hydrogen-bond acceptors (Lipinski definition) is 4. The Labute approximate surface area is 113 Å². The Balaban J connectivity index is 1.92. The lowest BCUT2D eigenvalue weighted by atomic mass is 10.2. The van der Waals surface area contributed by atoms with E-state index in [9.17, 15) is 4.79 Å². The topological polar surface area (TPSA) is 78.6 Å². The Morgan fingerprint density at radius 2 is 2.26 bits per heavy atom. The summed E-state index contributed by atoms with van der Waals surface area (Å²) in [6.45, 7) is 2.88. The molecule has 19 heavy (non-hydrogen) atoms. The zero-order chi connectivity index (χ0) is 13.8. The lowest BCUT2D eigenvalue weighted by Gasteiger charge is -2.20. The third kappa shape index (κ3) is 3.94. The summed E-state index contributed by atoms with van der Waals surface area (Å²) in [6.07, 6.45) is 2.22. The first-order valence-electron chi connectivity index (χ1n) is 6.61. The van der Waals surface area contributed by atoms with E-state index in [2.05, 4.69) is 5.32 Å². The predicted molar refractivity (Wildman–Crippen MR) is 75.9 cm³/mol. The van der Waals surface area contributed by atoms with Crippen LogP contribution in [0.2, 0.25) is 0 Å². The first-order chi connectivity index (χ1) is 9.10. The number of benzene rings is 1. The molecule has 5 nitrogen and oxygen atoms in total. The number of nitrogen functional groups attached to an aromatic ring is 1. The van der Waals surface area contributed by atoms with Crippen molar-refractivity contribution >= 4 is 17.3 Å². The van der Waals surface area contributed by atoms with Crippen molar-refractivity contribution in [2.75, 3.05) is 30.7 Å². The lowest BCUT2D eigenvalue weighted by molar-refractivity contribution is -0.117. The molecule has 0 aliphatic heterocycles. The van der Waals surface area contributed by atoms with E-state index in [1.807, 2.05) is 30.0 Å². The fraction of sp³-hybridized carbons (Fsp3) is 0.500. The minimum atomic E-state index is -0.0871. The van der Waals surface area contributed by atoms with Crippen LogP contribution >= 0.6 is 0 Å². The van der Waals surface area contributed by atoms with Crippen LogP contribution in [0.25, 0.3) is 0 Å². The zero-order valence-electron chi connectivity index (χ0n) is 11.2. The number of aliphatic hydroxyl groups is 1. The van der Waals surface area contributed by atoms with Crippen LogP contribution in [0.15, 0.2) is 18.2 Å². The molecule has 0 spiro atoms. The van der Waals surface area contributed by atoms with Gasteiger partial charge in [-0.1, -0.05) is 6.07 Å². The van der Waals surface area contributed by atoms with Crippen molar-refractivity contribution in [2.45, 2.75) is 25.8 Å². The van der Waals surface area contributed by atoms with E-state index in [1.165, 1.54) is 0 Å². The van der Waals surface area contributed by atoms with E-state index in [0.29, 0.717) is 30.5 Å². The highest BCUT2D eigenvalue weighted by molar-refractivity contribution is 5.95. The van der Waals surface area contributed by atoms with Crippen LogP contribution in [0.5, 0.6) is 0 Å². The molecule has 0 atom stereocenters. The summed E-state index contributed by atoms with van der Waals surface area (Å²) < 4.78 is 0. The van der Waals surface area contributed by atoms with Gasteiger partial charge < -0.3 is 16.2 Å². The molecule has 0 radical (unpaired) electrons. The minimum Gasteiger partial charge on any atom is -0.397 e. The maximum Gasteiger partial charge on any atom is 0.238 e. The van der Waals surface area contributed by atoms with Crippen molar-refractivity contribution < 1.29 is 9.90 Å². The van der Waals surface area contributed by atoms with Crippen molar-refractivity contribution in [2.24, 2.45) is 0 Å². The summed E-state index contributed by atoms with van der Waals surface area (Å²) in [5, 5.41) is 11.8. The molecule has 104 valence electrons. The van der Waals surface area contributed by atoms with Gasteiger partial charge in [-0.3, -0.25) is 9.69 Å². The highest BCUT2D eigenvalue weighted by Crippen LogP contribution is 2.26. The molecule has 5 heteroatoms. The molecule has 4 N–H and O–H groups in total. The fourth-order valence-electron chi connectivity index (χ4n) is 2.13. The Hall–Kier alpha value is -1.59. The first kappa shape index (κ1) is 13.8. The molecule has 1 aromatic rings. The van der Waals surface area contributed by atoms with Gasteiger partial charge in [0, 0.05) is 12.6 Å². The van der Waals surface area contributed by atoms with Crippen LogP contribution in [0.3, 0.4) is 0 Å². The molecule has 0 unspecified atom stereocenters. The largest absolute Gasteiger partial charge is 0.397 e. The van der Waals surface area contributed by atoms with Gasteiger partial charge in [0.1, 0.15) is 0 Å². The normalized spacial score (nSPS) is 14.7. The summed E-state index contributed by atoms with van der Waals surface area (Å²) in [5.74, 6) is -0.0871. The molecule has 0 aromatic heterocycles. The Kier molecular flexibility index (Phi) is 4.39. The molecular weight excluding hydrogens is 242 g/mol. The second-order valence-electron chi connectivity index (χ2n) is 5.06. The molecular formula is C14H21N3O2. The van der Waals surface area contributed by atoms with E-state index >= 15 is 0 Å². The summed E-state index contributed by atoms with van der Waals surface area (Å²) >= 11 is 0. The van der Waals surface area contributed by atoms with Crippen molar-refractivity contribution in [1.82, 2.24) is 4.90 Å². The number of carbonyl (C=O) groups is 1. The van der Waals surface area contributed by atoms with E-state index in [1.54, 1.807) is 0 Å². The maximum absolute atomic E-state index is 12.0. The van der Waals surface area contributed by atoms with Gasteiger partial charge >= 0.3 is 0 Å². The SMILES string of the molecule is Cc1ccc(NC(=O)CN(CCO)C2CC2)c(N)c1. The number of carbonyl (C=O) groups excluding carboxylic acids is 1. The summed E-state index contributed by atoms with van der Waals surface area (Å²) in [7, 11) is 0. The first-order valence-corrected chi connectivity index (χ1v) is 6.61. The second kappa shape index (κ2) is 6.04. The van der Waals surface area contributed by atoms with E-state index in [4.69, 9.17) is 10.8 Å². The molecule has 1 saturated carbocycles.